The number of nitrogens with zero attached hydrogens (tertiary/aromatic N) is 1. The molecule has 1 unspecified atom stereocenters. The lowest BCUT2D eigenvalue weighted by Gasteiger charge is -2.23. The van der Waals surface area contributed by atoms with Crippen LogP contribution < -0.4 is 10.2 Å². The average molecular weight is 427 g/mol. The molecule has 1 fully saturated rings. The van der Waals surface area contributed by atoms with Crippen LogP contribution in [0.25, 0.3) is 0 Å². The van der Waals surface area contributed by atoms with Gasteiger partial charge in [-0.05, 0) is 55.5 Å². The second-order valence-corrected chi connectivity index (χ2v) is 8.73. The van der Waals surface area contributed by atoms with Gasteiger partial charge in [-0.2, -0.15) is 0 Å². The molecule has 0 aliphatic heterocycles. The third kappa shape index (κ3) is 5.64. The molecule has 164 valence electrons. The van der Waals surface area contributed by atoms with E-state index in [2.05, 4.69) is 30.4 Å². The maximum atomic E-state index is 13.0. The predicted molar refractivity (Wildman–Crippen MR) is 128 cm³/mol. The highest BCUT2D eigenvalue weighted by Gasteiger charge is 2.34. The standard InChI is InChI=1S/C28H30N2O2/c1-20-7-6-8-23(17-20)19-30(28(32)25-13-14-25)26-15-11-22(12-16-26)18-27(31)29-21(2)24-9-4-3-5-10-24/h3-12,15-17,21,25H,13-14,18-19H2,1-2H3,(H,29,31). The Labute approximate surface area is 190 Å². The van der Waals surface area contributed by atoms with Gasteiger partial charge < -0.3 is 10.2 Å². The van der Waals surface area contributed by atoms with Crippen LogP contribution in [0.1, 0.15) is 48.1 Å². The van der Waals surface area contributed by atoms with Gasteiger partial charge in [0, 0.05) is 11.6 Å². The minimum Gasteiger partial charge on any atom is -0.349 e. The zero-order valence-corrected chi connectivity index (χ0v) is 18.8. The number of rotatable bonds is 8. The zero-order chi connectivity index (χ0) is 22.5. The fourth-order valence-corrected chi connectivity index (χ4v) is 3.94. The number of hydrogen-bond donors (Lipinski definition) is 1. The van der Waals surface area contributed by atoms with Crippen molar-refractivity contribution in [3.8, 4) is 0 Å². The van der Waals surface area contributed by atoms with Crippen molar-refractivity contribution in [2.75, 3.05) is 4.90 Å². The van der Waals surface area contributed by atoms with Crippen LogP contribution in [0.3, 0.4) is 0 Å². The molecule has 0 bridgehead atoms. The van der Waals surface area contributed by atoms with Gasteiger partial charge in [-0.3, -0.25) is 9.59 Å². The van der Waals surface area contributed by atoms with E-state index < -0.39 is 0 Å². The Balaban J connectivity index is 1.43. The van der Waals surface area contributed by atoms with Crippen LogP contribution in [-0.2, 0) is 22.6 Å². The van der Waals surface area contributed by atoms with Gasteiger partial charge in [0.05, 0.1) is 19.0 Å². The molecular formula is C28H30N2O2. The number of benzene rings is 3. The van der Waals surface area contributed by atoms with Crippen LogP contribution in [0.15, 0.2) is 78.9 Å². The second kappa shape index (κ2) is 9.82. The molecule has 3 aromatic rings. The highest BCUT2D eigenvalue weighted by Crippen LogP contribution is 2.33. The molecule has 1 saturated carbocycles. The van der Waals surface area contributed by atoms with Crippen molar-refractivity contribution >= 4 is 17.5 Å². The average Bonchev–Trinajstić information content (AvgIpc) is 3.64. The molecule has 4 nitrogen and oxygen atoms in total. The van der Waals surface area contributed by atoms with Gasteiger partial charge in [-0.15, -0.1) is 0 Å². The maximum absolute atomic E-state index is 13.0. The Hall–Kier alpha value is -3.40. The summed E-state index contributed by atoms with van der Waals surface area (Å²) in [5.41, 5.74) is 5.21. The van der Waals surface area contributed by atoms with E-state index in [0.717, 1.165) is 35.2 Å². The fraction of sp³-hybridized carbons (Fsp3) is 0.286. The van der Waals surface area contributed by atoms with Gasteiger partial charge in [0.2, 0.25) is 11.8 Å². The fourth-order valence-electron chi connectivity index (χ4n) is 3.94. The first-order valence-electron chi connectivity index (χ1n) is 11.3. The monoisotopic (exact) mass is 426 g/mol. The molecule has 2 amide bonds. The second-order valence-electron chi connectivity index (χ2n) is 8.73. The Morgan fingerprint density at radius 1 is 0.938 bits per heavy atom. The van der Waals surface area contributed by atoms with Crippen LogP contribution >= 0.6 is 0 Å². The smallest absolute Gasteiger partial charge is 0.230 e. The molecule has 0 saturated heterocycles. The van der Waals surface area contributed by atoms with E-state index in [4.69, 9.17) is 0 Å². The summed E-state index contributed by atoms with van der Waals surface area (Å²) in [7, 11) is 0. The van der Waals surface area contributed by atoms with Crippen LogP contribution in [-0.4, -0.2) is 11.8 Å². The van der Waals surface area contributed by atoms with Gasteiger partial charge >= 0.3 is 0 Å². The maximum Gasteiger partial charge on any atom is 0.230 e. The number of amides is 2. The summed E-state index contributed by atoms with van der Waals surface area (Å²) in [6.07, 6.45) is 2.26. The molecule has 1 aliphatic carbocycles. The van der Waals surface area contributed by atoms with Gasteiger partial charge in [-0.25, -0.2) is 0 Å². The topological polar surface area (TPSA) is 49.4 Å². The normalized spacial score (nSPS) is 13.9. The molecule has 1 aliphatic rings. The molecule has 0 radical (unpaired) electrons. The third-order valence-electron chi connectivity index (χ3n) is 5.91. The molecule has 0 heterocycles. The Morgan fingerprint density at radius 2 is 1.66 bits per heavy atom. The summed E-state index contributed by atoms with van der Waals surface area (Å²) in [6.45, 7) is 4.61. The molecule has 1 atom stereocenters. The molecule has 0 aromatic heterocycles. The number of anilines is 1. The van der Waals surface area contributed by atoms with Crippen molar-refractivity contribution < 1.29 is 9.59 Å². The number of hydrogen-bond acceptors (Lipinski definition) is 2. The molecule has 4 rings (SSSR count). The Morgan fingerprint density at radius 3 is 2.31 bits per heavy atom. The highest BCUT2D eigenvalue weighted by atomic mass is 16.2. The van der Waals surface area contributed by atoms with Gasteiger partial charge in [0.15, 0.2) is 0 Å². The molecule has 32 heavy (non-hydrogen) atoms. The largest absolute Gasteiger partial charge is 0.349 e. The van der Waals surface area contributed by atoms with E-state index >= 15 is 0 Å². The lowest BCUT2D eigenvalue weighted by atomic mass is 10.1. The third-order valence-corrected chi connectivity index (χ3v) is 5.91. The minimum absolute atomic E-state index is 0.0141. The van der Waals surface area contributed by atoms with Crippen molar-refractivity contribution in [1.29, 1.82) is 0 Å². The van der Waals surface area contributed by atoms with E-state index in [0.29, 0.717) is 13.0 Å². The summed E-state index contributed by atoms with van der Waals surface area (Å²) in [4.78, 5) is 27.4. The zero-order valence-electron chi connectivity index (χ0n) is 18.8. The van der Waals surface area contributed by atoms with Gasteiger partial charge in [-0.1, -0.05) is 72.3 Å². The van der Waals surface area contributed by atoms with Crippen molar-refractivity contribution in [2.45, 2.75) is 45.7 Å². The summed E-state index contributed by atoms with van der Waals surface area (Å²) in [6, 6.07) is 26.0. The first-order chi connectivity index (χ1) is 15.5. The number of carbonyl (C=O) groups excluding carboxylic acids is 2. The summed E-state index contributed by atoms with van der Waals surface area (Å²) in [5.74, 6) is 0.318. The van der Waals surface area contributed by atoms with Crippen molar-refractivity contribution in [3.63, 3.8) is 0 Å². The molecule has 1 N–H and O–H groups in total. The SMILES string of the molecule is Cc1cccc(CN(C(=O)C2CC2)c2ccc(CC(=O)NC(C)c3ccccc3)cc2)c1. The van der Waals surface area contributed by atoms with Crippen LogP contribution in [0.5, 0.6) is 0 Å². The van der Waals surface area contributed by atoms with E-state index in [1.807, 2.05) is 72.5 Å². The van der Waals surface area contributed by atoms with Crippen molar-refractivity contribution in [1.82, 2.24) is 5.32 Å². The quantitative estimate of drug-likeness (QED) is 0.527. The van der Waals surface area contributed by atoms with Gasteiger partial charge in [0.1, 0.15) is 0 Å². The van der Waals surface area contributed by atoms with Crippen LogP contribution in [0.2, 0.25) is 0 Å². The minimum atomic E-state index is -0.0380. The van der Waals surface area contributed by atoms with E-state index in [1.54, 1.807) is 0 Å². The molecular weight excluding hydrogens is 396 g/mol. The Bertz CT molecular complexity index is 1070. The van der Waals surface area contributed by atoms with E-state index in [1.165, 1.54) is 5.56 Å². The van der Waals surface area contributed by atoms with Gasteiger partial charge in [0.25, 0.3) is 0 Å². The number of aryl methyl sites for hydroxylation is 1. The highest BCUT2D eigenvalue weighted by molar-refractivity contribution is 5.96. The lowest BCUT2D eigenvalue weighted by Crippen LogP contribution is -2.31. The van der Waals surface area contributed by atoms with Crippen LogP contribution in [0, 0.1) is 12.8 Å². The Kier molecular flexibility index (Phi) is 6.69. The predicted octanol–water partition coefficient (Wildman–Crippen LogP) is 5.36. The van der Waals surface area contributed by atoms with E-state index in [9.17, 15) is 9.59 Å². The molecule has 0 spiro atoms. The molecule has 4 heteroatoms. The number of nitrogens with one attached hydrogen (secondary N) is 1. The van der Waals surface area contributed by atoms with Crippen molar-refractivity contribution in [2.24, 2.45) is 5.92 Å². The summed E-state index contributed by atoms with van der Waals surface area (Å²) < 4.78 is 0. The van der Waals surface area contributed by atoms with Crippen molar-refractivity contribution in [3.05, 3.63) is 101 Å². The van der Waals surface area contributed by atoms with E-state index in [-0.39, 0.29) is 23.8 Å². The first kappa shape index (κ1) is 21.8. The van der Waals surface area contributed by atoms with Crippen LogP contribution in [0.4, 0.5) is 5.69 Å². The molecule has 3 aromatic carbocycles. The summed E-state index contributed by atoms with van der Waals surface area (Å²) in [5, 5.41) is 3.06. The first-order valence-corrected chi connectivity index (χ1v) is 11.3. The number of carbonyl (C=O) groups is 2. The lowest BCUT2D eigenvalue weighted by molar-refractivity contribution is -0.121. The summed E-state index contributed by atoms with van der Waals surface area (Å²) >= 11 is 0.